The molecule has 0 amide bonds. The van der Waals surface area contributed by atoms with Gasteiger partial charge in [0.05, 0.1) is 13.2 Å². The molecule has 0 bridgehead atoms. The second-order valence-corrected chi connectivity index (χ2v) is 8.07. The average molecular weight is 432 g/mol. The Hall–Kier alpha value is -3.26. The highest BCUT2D eigenvalue weighted by molar-refractivity contribution is 5.60. The first-order valence-electron chi connectivity index (χ1n) is 11.4. The van der Waals surface area contributed by atoms with Crippen LogP contribution in [0.25, 0.3) is 11.4 Å². The predicted molar refractivity (Wildman–Crippen MR) is 126 cm³/mol. The van der Waals surface area contributed by atoms with E-state index in [0.717, 1.165) is 74.8 Å². The van der Waals surface area contributed by atoms with Gasteiger partial charge in [-0.2, -0.15) is 15.0 Å². The quantitative estimate of drug-likeness (QED) is 0.611. The third kappa shape index (κ3) is 4.50. The highest BCUT2D eigenvalue weighted by atomic mass is 16.5. The van der Waals surface area contributed by atoms with Gasteiger partial charge in [-0.05, 0) is 30.2 Å². The Bertz CT molecular complexity index is 1030. The van der Waals surface area contributed by atoms with Crippen molar-refractivity contribution in [3.8, 4) is 11.4 Å². The van der Waals surface area contributed by atoms with E-state index < -0.39 is 0 Å². The zero-order chi connectivity index (χ0) is 21.8. The van der Waals surface area contributed by atoms with Gasteiger partial charge in [0, 0.05) is 51.0 Å². The summed E-state index contributed by atoms with van der Waals surface area (Å²) in [4.78, 5) is 25.9. The molecule has 2 aromatic heterocycles. The van der Waals surface area contributed by atoms with Crippen molar-refractivity contribution in [2.45, 2.75) is 13.3 Å². The van der Waals surface area contributed by atoms with E-state index >= 15 is 0 Å². The van der Waals surface area contributed by atoms with Crippen molar-refractivity contribution >= 4 is 17.7 Å². The molecule has 2 saturated heterocycles. The first-order valence-corrected chi connectivity index (χ1v) is 11.4. The number of nitrogens with zero attached hydrogens (tertiary/aromatic N) is 7. The molecule has 8 nitrogen and oxygen atoms in total. The van der Waals surface area contributed by atoms with Crippen LogP contribution >= 0.6 is 0 Å². The average Bonchev–Trinajstić information content (AvgIpc) is 2.89. The molecule has 0 aliphatic carbocycles. The van der Waals surface area contributed by atoms with Crippen LogP contribution in [-0.4, -0.2) is 72.4 Å². The maximum absolute atomic E-state index is 5.53. The SMILES string of the molecule is CCc1cccc(-c2nc(N3CCOCC3)nc(N3CCN(c4ccccn4)CC3)n2)c1. The Morgan fingerprint density at radius 1 is 0.781 bits per heavy atom. The molecule has 0 spiro atoms. The smallest absolute Gasteiger partial charge is 0.230 e. The summed E-state index contributed by atoms with van der Waals surface area (Å²) in [5, 5.41) is 0. The standard InChI is InChI=1S/C24H29N7O/c1-2-19-6-5-7-20(18-19)22-26-23(28-24(27-22)31-14-16-32-17-15-31)30-12-10-29(11-13-30)21-8-3-4-9-25-21/h3-9,18H,2,10-17H2,1H3. The van der Waals surface area contributed by atoms with Crippen LogP contribution in [0, 0.1) is 0 Å². The summed E-state index contributed by atoms with van der Waals surface area (Å²) in [5.74, 6) is 3.24. The third-order valence-electron chi connectivity index (χ3n) is 6.03. The molecule has 32 heavy (non-hydrogen) atoms. The molecule has 2 aliphatic rings. The molecule has 8 heteroatoms. The largest absolute Gasteiger partial charge is 0.378 e. The number of hydrogen-bond acceptors (Lipinski definition) is 8. The van der Waals surface area contributed by atoms with Crippen LogP contribution in [0.2, 0.25) is 0 Å². The van der Waals surface area contributed by atoms with Crippen molar-refractivity contribution in [3.05, 3.63) is 54.2 Å². The monoisotopic (exact) mass is 431 g/mol. The van der Waals surface area contributed by atoms with Gasteiger partial charge < -0.3 is 19.4 Å². The number of anilines is 3. The number of ether oxygens (including phenoxy) is 1. The first-order chi connectivity index (χ1) is 15.8. The van der Waals surface area contributed by atoms with Gasteiger partial charge in [-0.15, -0.1) is 0 Å². The number of hydrogen-bond donors (Lipinski definition) is 0. The van der Waals surface area contributed by atoms with Crippen LogP contribution in [0.1, 0.15) is 12.5 Å². The van der Waals surface area contributed by atoms with Gasteiger partial charge in [-0.3, -0.25) is 0 Å². The van der Waals surface area contributed by atoms with Gasteiger partial charge in [0.2, 0.25) is 11.9 Å². The van der Waals surface area contributed by atoms with Crippen molar-refractivity contribution in [1.82, 2.24) is 19.9 Å². The maximum Gasteiger partial charge on any atom is 0.230 e. The Labute approximate surface area is 188 Å². The Kier molecular flexibility index (Phi) is 6.11. The summed E-state index contributed by atoms with van der Waals surface area (Å²) in [7, 11) is 0. The minimum atomic E-state index is 0.699. The Morgan fingerprint density at radius 3 is 2.19 bits per heavy atom. The number of aryl methyl sites for hydroxylation is 1. The topological polar surface area (TPSA) is 70.5 Å². The van der Waals surface area contributed by atoms with E-state index in [9.17, 15) is 0 Å². The van der Waals surface area contributed by atoms with Crippen molar-refractivity contribution in [2.24, 2.45) is 0 Å². The van der Waals surface area contributed by atoms with E-state index in [1.165, 1.54) is 5.56 Å². The molecule has 2 aliphatic heterocycles. The Morgan fingerprint density at radius 2 is 1.50 bits per heavy atom. The lowest BCUT2D eigenvalue weighted by molar-refractivity contribution is 0.122. The van der Waals surface area contributed by atoms with Crippen molar-refractivity contribution in [1.29, 1.82) is 0 Å². The van der Waals surface area contributed by atoms with Gasteiger partial charge in [0.15, 0.2) is 5.82 Å². The van der Waals surface area contributed by atoms with Crippen LogP contribution in [0.4, 0.5) is 17.7 Å². The van der Waals surface area contributed by atoms with Gasteiger partial charge in [-0.25, -0.2) is 4.98 Å². The summed E-state index contributed by atoms with van der Waals surface area (Å²) in [5.41, 5.74) is 2.32. The summed E-state index contributed by atoms with van der Waals surface area (Å²) in [6.07, 6.45) is 2.83. The molecule has 1 aromatic carbocycles. The van der Waals surface area contributed by atoms with E-state index in [1.54, 1.807) is 0 Å². The fourth-order valence-corrected chi connectivity index (χ4v) is 4.14. The lowest BCUT2D eigenvalue weighted by Crippen LogP contribution is -2.47. The lowest BCUT2D eigenvalue weighted by atomic mass is 10.1. The normalized spacial score (nSPS) is 17.0. The molecule has 0 N–H and O–H groups in total. The highest BCUT2D eigenvalue weighted by Crippen LogP contribution is 2.24. The van der Waals surface area contributed by atoms with Crippen LogP contribution in [-0.2, 0) is 11.2 Å². The molecule has 2 fully saturated rings. The van der Waals surface area contributed by atoms with E-state index in [1.807, 2.05) is 18.3 Å². The molecule has 4 heterocycles. The van der Waals surface area contributed by atoms with Gasteiger partial charge in [-0.1, -0.05) is 31.2 Å². The summed E-state index contributed by atoms with van der Waals surface area (Å²) in [6.45, 7) is 8.62. The molecule has 0 unspecified atom stereocenters. The van der Waals surface area contributed by atoms with Crippen molar-refractivity contribution in [2.75, 3.05) is 67.2 Å². The van der Waals surface area contributed by atoms with E-state index in [0.29, 0.717) is 13.2 Å². The molecule has 0 radical (unpaired) electrons. The molecule has 3 aromatic rings. The van der Waals surface area contributed by atoms with Crippen LogP contribution in [0.15, 0.2) is 48.7 Å². The maximum atomic E-state index is 5.53. The van der Waals surface area contributed by atoms with Crippen LogP contribution < -0.4 is 14.7 Å². The minimum Gasteiger partial charge on any atom is -0.378 e. The minimum absolute atomic E-state index is 0.699. The fraction of sp³-hybridized carbons (Fsp3) is 0.417. The summed E-state index contributed by atoms with van der Waals surface area (Å²) in [6, 6.07) is 14.5. The lowest BCUT2D eigenvalue weighted by Gasteiger charge is -2.36. The number of aromatic nitrogens is 4. The first kappa shape index (κ1) is 20.6. The van der Waals surface area contributed by atoms with Crippen LogP contribution in [0.5, 0.6) is 0 Å². The third-order valence-corrected chi connectivity index (χ3v) is 6.03. The number of piperazine rings is 1. The molecular formula is C24H29N7O. The predicted octanol–water partition coefficient (Wildman–Crippen LogP) is 2.66. The molecule has 5 rings (SSSR count). The van der Waals surface area contributed by atoms with Gasteiger partial charge in [0.25, 0.3) is 0 Å². The second-order valence-electron chi connectivity index (χ2n) is 8.07. The highest BCUT2D eigenvalue weighted by Gasteiger charge is 2.23. The fourth-order valence-electron chi connectivity index (χ4n) is 4.14. The number of rotatable bonds is 5. The van der Waals surface area contributed by atoms with E-state index in [2.05, 4.69) is 56.9 Å². The summed E-state index contributed by atoms with van der Waals surface area (Å²) < 4.78 is 5.53. The molecule has 166 valence electrons. The summed E-state index contributed by atoms with van der Waals surface area (Å²) >= 11 is 0. The second kappa shape index (κ2) is 9.48. The van der Waals surface area contributed by atoms with Crippen molar-refractivity contribution in [3.63, 3.8) is 0 Å². The zero-order valence-electron chi connectivity index (χ0n) is 18.5. The van der Waals surface area contributed by atoms with Crippen LogP contribution in [0.3, 0.4) is 0 Å². The number of pyridine rings is 1. The number of benzene rings is 1. The van der Waals surface area contributed by atoms with E-state index in [-0.39, 0.29) is 0 Å². The van der Waals surface area contributed by atoms with Gasteiger partial charge in [0.1, 0.15) is 5.82 Å². The number of morpholine rings is 1. The molecule has 0 saturated carbocycles. The molecular weight excluding hydrogens is 402 g/mol. The van der Waals surface area contributed by atoms with Crippen molar-refractivity contribution < 1.29 is 4.74 Å². The zero-order valence-corrected chi connectivity index (χ0v) is 18.5. The Balaban J connectivity index is 1.43. The van der Waals surface area contributed by atoms with E-state index in [4.69, 9.17) is 19.7 Å². The van der Waals surface area contributed by atoms with Gasteiger partial charge >= 0.3 is 0 Å². The molecule has 0 atom stereocenters.